The largest absolute Gasteiger partial charge is 0.394 e. The van der Waals surface area contributed by atoms with Gasteiger partial charge in [0.2, 0.25) is 5.91 Å². The Hall–Kier alpha value is -4.07. The molecule has 106 heavy (non-hydrogen) atoms. The minimum absolute atomic E-state index is 0.214. The van der Waals surface area contributed by atoms with Crippen molar-refractivity contribution in [2.24, 2.45) is 0 Å². The molecule has 0 aromatic rings. The number of carbonyl (C=O) groups excluding carboxylic acids is 1. The highest BCUT2D eigenvalue weighted by Crippen LogP contribution is 2.33. The van der Waals surface area contributed by atoms with Gasteiger partial charge in [-0.25, -0.2) is 0 Å². The Kier molecular flexibility index (Phi) is 59.5. The summed E-state index contributed by atoms with van der Waals surface area (Å²) in [6, 6.07) is -1.01. The lowest BCUT2D eigenvalue weighted by Gasteiger charge is -2.48. The first-order valence-electron chi connectivity index (χ1n) is 41.4. The number of aliphatic hydroxyl groups excluding tert-OH is 11. The van der Waals surface area contributed by atoms with Gasteiger partial charge in [-0.3, -0.25) is 4.79 Å². The van der Waals surface area contributed by atoms with Crippen molar-refractivity contribution in [3.05, 3.63) is 134 Å². The fourth-order valence-electron chi connectivity index (χ4n) is 13.1. The summed E-state index contributed by atoms with van der Waals surface area (Å²) < 4.78 is 34.4. The van der Waals surface area contributed by atoms with Crippen LogP contribution in [0, 0.1) is 0 Å². The molecule has 0 bridgehead atoms. The zero-order chi connectivity index (χ0) is 76.7. The normalized spacial score (nSPS) is 26.4. The van der Waals surface area contributed by atoms with E-state index in [0.717, 1.165) is 122 Å². The second-order valence-corrected chi connectivity index (χ2v) is 28.8. The van der Waals surface area contributed by atoms with E-state index in [-0.39, 0.29) is 18.9 Å². The van der Waals surface area contributed by atoms with Crippen LogP contribution in [0.15, 0.2) is 134 Å². The summed E-state index contributed by atoms with van der Waals surface area (Å²) in [5, 5.41) is 121. The summed E-state index contributed by atoms with van der Waals surface area (Å²) in [6.07, 6.45) is 67.2. The summed E-state index contributed by atoms with van der Waals surface area (Å²) >= 11 is 0. The molecule has 17 atom stereocenters. The molecule has 0 saturated carbocycles. The first kappa shape index (κ1) is 96.1. The monoisotopic (exact) mass is 1490 g/mol. The Morgan fingerprint density at radius 2 is 0.660 bits per heavy atom. The third-order valence-electron chi connectivity index (χ3n) is 19.7. The highest BCUT2D eigenvalue weighted by atomic mass is 16.8. The van der Waals surface area contributed by atoms with E-state index in [4.69, 9.17) is 28.4 Å². The number of rotatable bonds is 64. The van der Waals surface area contributed by atoms with Gasteiger partial charge in [-0.15, -0.1) is 0 Å². The number of unbranched alkanes of at least 4 members (excludes halogenated alkanes) is 28. The van der Waals surface area contributed by atoms with Crippen molar-refractivity contribution in [2.45, 2.75) is 381 Å². The highest BCUT2D eigenvalue weighted by molar-refractivity contribution is 5.76. The van der Waals surface area contributed by atoms with Crippen LogP contribution in [-0.2, 0) is 33.2 Å². The first-order chi connectivity index (χ1) is 51.8. The Labute approximate surface area is 639 Å². The molecule has 3 saturated heterocycles. The van der Waals surface area contributed by atoms with Gasteiger partial charge < -0.3 is 89.9 Å². The standard InChI is InChI=1S/C87H147NO18/c1-3-5-7-9-11-13-15-17-19-21-23-25-27-29-31-32-33-34-35-36-37-38-39-41-43-45-47-49-51-53-55-57-59-61-63-65-75(93)88-70(71(92)64-62-60-58-56-54-52-50-48-46-44-42-40-30-28-26-24-22-20-18-16-14-12-10-8-6-4-2)69-101-85-81(99)78(96)83(73(67-90)103-85)106-87-82(100)79(97)84(74(68-91)104-87)105-86-80(98)77(95)76(94)72(66-89)102-86/h5,7,11,13,17,19,23,25,29,31,33-34,36-37,39,41,45,47,54,56,62,64,70-74,76-87,89-92,94-100H,3-4,6,8-10,12,14-16,18,20-22,24,26-28,30,32,35,38,40,42-44,46,48-53,55,57-61,63,65-69H2,1-2H3,(H,88,93)/b7-5-,13-11-,19-17-,25-23-,31-29-,34-33-,37-36-,41-39-,47-45-,56-54+,64-62+. The molecule has 3 aliphatic heterocycles. The van der Waals surface area contributed by atoms with Crippen LogP contribution in [0.2, 0.25) is 0 Å². The SMILES string of the molecule is CC/C=C\C/C=C\C/C=C\C/C=C\C/C=C\C/C=C\C/C=C\C/C=C\C/C=C\CCCCCCCCCC(=O)NC(COC1OC(CO)C(OC2OC(CO)C(OC3OC(CO)C(O)C(O)C3O)C(O)C2O)C(O)C1O)C(O)/C=C/CC/C=C/CCCCCCCCCCCCCCCCCCCCCC. The van der Waals surface area contributed by atoms with Crippen LogP contribution >= 0.6 is 0 Å². The van der Waals surface area contributed by atoms with Crippen LogP contribution in [0.1, 0.15) is 277 Å². The van der Waals surface area contributed by atoms with Crippen LogP contribution in [0.3, 0.4) is 0 Å². The van der Waals surface area contributed by atoms with Gasteiger partial charge in [0.15, 0.2) is 18.9 Å². The van der Waals surface area contributed by atoms with Gasteiger partial charge >= 0.3 is 0 Å². The van der Waals surface area contributed by atoms with E-state index >= 15 is 0 Å². The molecule has 0 aromatic carbocycles. The van der Waals surface area contributed by atoms with Crippen molar-refractivity contribution in [1.29, 1.82) is 0 Å². The number of hydrogen-bond acceptors (Lipinski definition) is 18. The molecule has 0 aliphatic carbocycles. The van der Waals surface area contributed by atoms with Gasteiger partial charge in [0.05, 0.1) is 38.6 Å². The van der Waals surface area contributed by atoms with Crippen LogP contribution in [0.5, 0.6) is 0 Å². The van der Waals surface area contributed by atoms with Crippen molar-refractivity contribution >= 4 is 5.91 Å². The average Bonchev–Trinajstić information content (AvgIpc) is 0.779. The third-order valence-corrected chi connectivity index (χ3v) is 19.7. The molecule has 1 amide bonds. The van der Waals surface area contributed by atoms with Crippen molar-refractivity contribution in [3.63, 3.8) is 0 Å². The lowest BCUT2D eigenvalue weighted by atomic mass is 9.96. The minimum Gasteiger partial charge on any atom is -0.394 e. The third kappa shape index (κ3) is 44.7. The van der Waals surface area contributed by atoms with E-state index in [1.165, 1.54) is 122 Å². The highest BCUT2D eigenvalue weighted by Gasteiger charge is 2.54. The van der Waals surface area contributed by atoms with E-state index in [9.17, 15) is 61.0 Å². The maximum absolute atomic E-state index is 13.5. The number of amides is 1. The molecule has 0 aromatic heterocycles. The number of aliphatic hydroxyl groups is 11. The molecule has 19 heteroatoms. The fraction of sp³-hybridized carbons (Fsp3) is 0.736. The molecule has 3 heterocycles. The van der Waals surface area contributed by atoms with Crippen molar-refractivity contribution in [3.8, 4) is 0 Å². The van der Waals surface area contributed by atoms with E-state index in [2.05, 4.69) is 141 Å². The molecule has 19 nitrogen and oxygen atoms in total. The average molecular weight is 1500 g/mol. The first-order valence-corrected chi connectivity index (χ1v) is 41.4. The molecule has 17 unspecified atom stereocenters. The predicted octanol–water partition coefficient (Wildman–Crippen LogP) is 14.4. The summed E-state index contributed by atoms with van der Waals surface area (Å²) in [6.45, 7) is 1.61. The number of allylic oxidation sites excluding steroid dienone is 21. The fourth-order valence-corrected chi connectivity index (χ4v) is 13.1. The van der Waals surface area contributed by atoms with Crippen LogP contribution < -0.4 is 5.32 Å². The number of hydrogen-bond donors (Lipinski definition) is 12. The van der Waals surface area contributed by atoms with Crippen molar-refractivity contribution < 1.29 is 89.4 Å². The quantitative estimate of drug-likeness (QED) is 0.0199. The number of ether oxygens (including phenoxy) is 6. The summed E-state index contributed by atoms with van der Waals surface area (Å²) in [7, 11) is 0. The van der Waals surface area contributed by atoms with E-state index in [1.54, 1.807) is 6.08 Å². The molecule has 608 valence electrons. The lowest BCUT2D eigenvalue weighted by Crippen LogP contribution is -2.66. The minimum atomic E-state index is -1.99. The Balaban J connectivity index is 1.39. The molecule has 3 rings (SSSR count). The van der Waals surface area contributed by atoms with Gasteiger partial charge in [0, 0.05) is 6.42 Å². The summed E-state index contributed by atoms with van der Waals surface area (Å²) in [4.78, 5) is 13.5. The van der Waals surface area contributed by atoms with E-state index < -0.39 is 124 Å². The van der Waals surface area contributed by atoms with Crippen LogP contribution in [0.4, 0.5) is 0 Å². The molecular formula is C87H147NO18. The molecular weight excluding hydrogens is 1350 g/mol. The summed E-state index contributed by atoms with van der Waals surface area (Å²) in [5.41, 5.74) is 0. The van der Waals surface area contributed by atoms with Gasteiger partial charge in [0.1, 0.15) is 73.2 Å². The Morgan fingerprint density at radius 3 is 1.06 bits per heavy atom. The van der Waals surface area contributed by atoms with Crippen LogP contribution in [0.25, 0.3) is 0 Å². The second kappa shape index (κ2) is 65.6. The molecule has 3 fully saturated rings. The van der Waals surface area contributed by atoms with Crippen molar-refractivity contribution in [1.82, 2.24) is 5.32 Å². The van der Waals surface area contributed by atoms with Crippen LogP contribution in [-0.4, -0.2) is 193 Å². The Bertz CT molecular complexity index is 2440. The van der Waals surface area contributed by atoms with E-state index in [0.29, 0.717) is 12.8 Å². The van der Waals surface area contributed by atoms with Crippen molar-refractivity contribution in [2.75, 3.05) is 26.4 Å². The second-order valence-electron chi connectivity index (χ2n) is 28.8. The molecule has 0 spiro atoms. The zero-order valence-corrected chi connectivity index (χ0v) is 65.1. The van der Waals surface area contributed by atoms with E-state index in [1.807, 2.05) is 6.08 Å². The molecule has 12 N–H and O–H groups in total. The smallest absolute Gasteiger partial charge is 0.220 e. The maximum Gasteiger partial charge on any atom is 0.220 e. The number of nitrogens with one attached hydrogen (secondary N) is 1. The topological polar surface area (TPSA) is 307 Å². The molecule has 0 radical (unpaired) electrons. The molecule has 3 aliphatic rings. The van der Waals surface area contributed by atoms with Gasteiger partial charge in [-0.1, -0.05) is 302 Å². The summed E-state index contributed by atoms with van der Waals surface area (Å²) in [5.74, 6) is -0.300. The Morgan fingerprint density at radius 1 is 0.349 bits per heavy atom. The van der Waals surface area contributed by atoms with Gasteiger partial charge in [-0.2, -0.15) is 0 Å². The predicted molar refractivity (Wildman–Crippen MR) is 424 cm³/mol. The maximum atomic E-state index is 13.5. The van der Waals surface area contributed by atoms with Gasteiger partial charge in [0.25, 0.3) is 0 Å². The zero-order valence-electron chi connectivity index (χ0n) is 65.1. The lowest BCUT2D eigenvalue weighted by molar-refractivity contribution is -0.379. The van der Waals surface area contributed by atoms with Gasteiger partial charge in [-0.05, 0) is 103 Å². The number of carbonyl (C=O) groups is 1.